The fourth-order valence-corrected chi connectivity index (χ4v) is 1.74. The van der Waals surface area contributed by atoms with Gasteiger partial charge in [0.05, 0.1) is 11.4 Å². The summed E-state index contributed by atoms with van der Waals surface area (Å²) < 4.78 is 0. The number of benzene rings is 3. The SMILES string of the molecule is C(=Nc1ccccc1)c1ccccc1.C=Nc1ccccc1. The topological polar surface area (TPSA) is 24.7 Å². The van der Waals surface area contributed by atoms with Gasteiger partial charge in [0.1, 0.15) is 0 Å². The van der Waals surface area contributed by atoms with E-state index in [1.54, 1.807) is 0 Å². The third kappa shape index (κ3) is 5.55. The van der Waals surface area contributed by atoms with E-state index in [0.717, 1.165) is 16.9 Å². The molecule has 0 spiro atoms. The van der Waals surface area contributed by atoms with E-state index >= 15 is 0 Å². The van der Waals surface area contributed by atoms with E-state index in [2.05, 4.69) is 16.7 Å². The minimum Gasteiger partial charge on any atom is -0.265 e. The Morgan fingerprint density at radius 1 is 0.591 bits per heavy atom. The zero-order valence-corrected chi connectivity index (χ0v) is 12.3. The smallest absolute Gasteiger partial charge is 0.0629 e. The van der Waals surface area contributed by atoms with Crippen molar-refractivity contribution in [2.24, 2.45) is 9.98 Å². The largest absolute Gasteiger partial charge is 0.265 e. The van der Waals surface area contributed by atoms with Crippen LogP contribution in [-0.4, -0.2) is 12.9 Å². The van der Waals surface area contributed by atoms with Crippen molar-refractivity contribution in [2.45, 2.75) is 0 Å². The van der Waals surface area contributed by atoms with Gasteiger partial charge in [0, 0.05) is 6.21 Å². The third-order valence-electron chi connectivity index (χ3n) is 2.86. The molecule has 0 saturated carbocycles. The maximum Gasteiger partial charge on any atom is 0.0629 e. The highest BCUT2D eigenvalue weighted by molar-refractivity contribution is 5.81. The molecule has 0 heterocycles. The fraction of sp³-hybridized carbons (Fsp3) is 0. The van der Waals surface area contributed by atoms with Gasteiger partial charge in [0.2, 0.25) is 0 Å². The number of hydrogen-bond acceptors (Lipinski definition) is 2. The molecule has 108 valence electrons. The molecule has 2 nitrogen and oxygen atoms in total. The van der Waals surface area contributed by atoms with E-state index in [1.165, 1.54) is 0 Å². The first-order valence-electron chi connectivity index (χ1n) is 7.04. The fourth-order valence-electron chi connectivity index (χ4n) is 1.74. The zero-order valence-electron chi connectivity index (χ0n) is 12.3. The average Bonchev–Trinajstić information content (AvgIpc) is 2.63. The van der Waals surface area contributed by atoms with Crippen LogP contribution in [0.1, 0.15) is 5.56 Å². The number of aliphatic imine (C=N–C) groups is 2. The van der Waals surface area contributed by atoms with Gasteiger partial charge in [0.15, 0.2) is 0 Å². The molecular weight excluding hydrogens is 268 g/mol. The van der Waals surface area contributed by atoms with E-state index in [9.17, 15) is 0 Å². The molecule has 0 aliphatic carbocycles. The van der Waals surface area contributed by atoms with Crippen LogP contribution in [0.15, 0.2) is 101 Å². The summed E-state index contributed by atoms with van der Waals surface area (Å²) in [7, 11) is 0. The molecule has 0 aliphatic rings. The third-order valence-corrected chi connectivity index (χ3v) is 2.86. The lowest BCUT2D eigenvalue weighted by atomic mass is 10.2. The van der Waals surface area contributed by atoms with Crippen molar-refractivity contribution in [3.63, 3.8) is 0 Å². The van der Waals surface area contributed by atoms with Gasteiger partial charge in [-0.1, -0.05) is 66.7 Å². The minimum atomic E-state index is 0.924. The number of rotatable bonds is 3. The lowest BCUT2D eigenvalue weighted by molar-refractivity contribution is 1.53. The van der Waals surface area contributed by atoms with Gasteiger partial charge in [0.25, 0.3) is 0 Å². The normalized spacial score (nSPS) is 9.82. The molecule has 0 fully saturated rings. The second kappa shape index (κ2) is 9.03. The van der Waals surface area contributed by atoms with Crippen molar-refractivity contribution in [2.75, 3.05) is 0 Å². The van der Waals surface area contributed by atoms with Crippen LogP contribution in [0.25, 0.3) is 0 Å². The lowest BCUT2D eigenvalue weighted by Crippen LogP contribution is -1.77. The highest BCUT2D eigenvalue weighted by Gasteiger charge is 1.85. The molecular formula is C20H18N2. The first-order chi connectivity index (χ1) is 10.9. The predicted molar refractivity (Wildman–Crippen MR) is 95.8 cm³/mol. The molecule has 2 heteroatoms. The van der Waals surface area contributed by atoms with Crippen molar-refractivity contribution in [1.82, 2.24) is 0 Å². The Balaban J connectivity index is 0.000000188. The van der Waals surface area contributed by atoms with Crippen molar-refractivity contribution in [3.8, 4) is 0 Å². The molecule has 0 atom stereocenters. The first-order valence-corrected chi connectivity index (χ1v) is 7.04. The maximum absolute atomic E-state index is 4.35. The molecule has 0 saturated heterocycles. The second-order valence-electron chi connectivity index (χ2n) is 4.50. The molecule has 0 radical (unpaired) electrons. The van der Waals surface area contributed by atoms with E-state index in [-0.39, 0.29) is 0 Å². The molecule has 0 aliphatic heterocycles. The predicted octanol–water partition coefficient (Wildman–Crippen LogP) is 5.46. The van der Waals surface area contributed by atoms with Crippen LogP contribution in [0.4, 0.5) is 11.4 Å². The summed E-state index contributed by atoms with van der Waals surface area (Å²) in [6.45, 7) is 3.38. The summed E-state index contributed by atoms with van der Waals surface area (Å²) >= 11 is 0. The molecule has 22 heavy (non-hydrogen) atoms. The van der Waals surface area contributed by atoms with Gasteiger partial charge in [-0.25, -0.2) is 0 Å². The summed E-state index contributed by atoms with van der Waals surface area (Å²) in [6.07, 6.45) is 1.87. The molecule has 3 rings (SSSR count). The van der Waals surface area contributed by atoms with Crippen LogP contribution in [0.5, 0.6) is 0 Å². The standard InChI is InChI=1S/C13H11N.C7H7N/c1-3-7-12(8-4-1)11-14-13-9-5-2-6-10-13;1-8-7-5-3-2-4-6-7/h1-11H;2-6H,1H2. The summed E-state index contributed by atoms with van der Waals surface area (Å²) in [5.74, 6) is 0. The lowest BCUT2D eigenvalue weighted by Gasteiger charge is -1.92. The molecule has 0 bridgehead atoms. The summed E-state index contributed by atoms with van der Waals surface area (Å²) in [5.41, 5.74) is 3.03. The first kappa shape index (κ1) is 15.4. The van der Waals surface area contributed by atoms with E-state index < -0.39 is 0 Å². The van der Waals surface area contributed by atoms with Crippen LogP contribution in [-0.2, 0) is 0 Å². The van der Waals surface area contributed by atoms with E-state index in [0.29, 0.717) is 0 Å². The Hall–Kier alpha value is -3.00. The van der Waals surface area contributed by atoms with Gasteiger partial charge in [-0.2, -0.15) is 0 Å². The van der Waals surface area contributed by atoms with Crippen LogP contribution in [0.3, 0.4) is 0 Å². The van der Waals surface area contributed by atoms with Crippen LogP contribution < -0.4 is 0 Å². The molecule has 0 N–H and O–H groups in total. The summed E-state index contributed by atoms with van der Waals surface area (Å²) in [6, 6.07) is 29.6. The molecule has 0 aromatic heterocycles. The Labute approximate surface area is 131 Å². The Bertz CT molecular complexity index is 648. The molecule has 0 amide bonds. The van der Waals surface area contributed by atoms with Crippen molar-refractivity contribution in [3.05, 3.63) is 96.6 Å². The number of para-hydroxylation sites is 2. The average molecular weight is 286 g/mol. The Morgan fingerprint density at radius 2 is 1.05 bits per heavy atom. The Morgan fingerprint density at radius 3 is 1.50 bits per heavy atom. The quantitative estimate of drug-likeness (QED) is 0.571. The summed E-state index contributed by atoms with van der Waals surface area (Å²) in [4.78, 5) is 8.07. The van der Waals surface area contributed by atoms with Crippen molar-refractivity contribution in [1.29, 1.82) is 0 Å². The van der Waals surface area contributed by atoms with E-state index in [1.807, 2.05) is 97.2 Å². The van der Waals surface area contributed by atoms with Gasteiger partial charge >= 0.3 is 0 Å². The molecule has 0 unspecified atom stereocenters. The molecule has 3 aromatic rings. The number of nitrogens with zero attached hydrogens (tertiary/aromatic N) is 2. The minimum absolute atomic E-state index is 0.924. The van der Waals surface area contributed by atoms with Gasteiger partial charge in [-0.05, 0) is 36.5 Å². The van der Waals surface area contributed by atoms with Gasteiger partial charge in [-0.3, -0.25) is 9.98 Å². The van der Waals surface area contributed by atoms with E-state index in [4.69, 9.17) is 0 Å². The van der Waals surface area contributed by atoms with Crippen molar-refractivity contribution >= 4 is 24.3 Å². The zero-order chi connectivity index (χ0) is 15.5. The molecule has 3 aromatic carbocycles. The number of hydrogen-bond donors (Lipinski definition) is 0. The maximum atomic E-state index is 4.35. The van der Waals surface area contributed by atoms with Crippen LogP contribution in [0.2, 0.25) is 0 Å². The van der Waals surface area contributed by atoms with Crippen LogP contribution >= 0.6 is 0 Å². The second-order valence-corrected chi connectivity index (χ2v) is 4.50. The van der Waals surface area contributed by atoms with Crippen molar-refractivity contribution < 1.29 is 0 Å². The van der Waals surface area contributed by atoms with Gasteiger partial charge in [-0.15, -0.1) is 0 Å². The highest BCUT2D eigenvalue weighted by atomic mass is 14.7. The Kier molecular flexibility index (Phi) is 6.32. The highest BCUT2D eigenvalue weighted by Crippen LogP contribution is 2.09. The monoisotopic (exact) mass is 286 g/mol. The summed E-state index contributed by atoms with van der Waals surface area (Å²) in [5, 5.41) is 0. The van der Waals surface area contributed by atoms with Crippen LogP contribution in [0, 0.1) is 0 Å². The van der Waals surface area contributed by atoms with Gasteiger partial charge < -0.3 is 0 Å².